The number of hydrogen-bond donors (Lipinski definition) is 3. The molecule has 3 N–H and O–H groups in total. The highest BCUT2D eigenvalue weighted by Gasteiger charge is 2.06. The van der Waals surface area contributed by atoms with Gasteiger partial charge in [0.05, 0.1) is 13.1 Å². The fraction of sp³-hybridized carbons (Fsp3) is 0.150. The lowest BCUT2D eigenvalue weighted by molar-refractivity contribution is 0.475. The molecule has 0 amide bonds. The van der Waals surface area contributed by atoms with Crippen molar-refractivity contribution >= 4 is 34.6 Å². The van der Waals surface area contributed by atoms with Gasteiger partial charge in [-0.3, -0.25) is 0 Å². The van der Waals surface area contributed by atoms with E-state index in [2.05, 4.69) is 27.1 Å². The highest BCUT2D eigenvalue weighted by Crippen LogP contribution is 2.20. The molecule has 0 aliphatic heterocycles. The van der Waals surface area contributed by atoms with E-state index in [1.807, 2.05) is 43.3 Å². The molecule has 6 heteroatoms. The molecule has 0 saturated heterocycles. The van der Waals surface area contributed by atoms with Crippen LogP contribution in [0.25, 0.3) is 0 Å². The molecule has 4 nitrogen and oxygen atoms in total. The van der Waals surface area contributed by atoms with E-state index in [-0.39, 0.29) is 5.75 Å². The smallest absolute Gasteiger partial charge is 0.196 e. The number of rotatable bonds is 5. The van der Waals surface area contributed by atoms with Crippen molar-refractivity contribution in [3.8, 4) is 5.75 Å². The minimum absolute atomic E-state index is 0.245. The summed E-state index contributed by atoms with van der Waals surface area (Å²) in [6, 6.07) is 17.0. The molecule has 26 heavy (non-hydrogen) atoms. The first-order valence-electron chi connectivity index (χ1n) is 8.22. The van der Waals surface area contributed by atoms with E-state index >= 15 is 0 Å². The minimum Gasteiger partial charge on any atom is -0.508 e. The van der Waals surface area contributed by atoms with Crippen molar-refractivity contribution < 1.29 is 5.11 Å². The van der Waals surface area contributed by atoms with Crippen molar-refractivity contribution in [2.45, 2.75) is 20.0 Å². The molecular formula is C20H20ClN3OS. The van der Waals surface area contributed by atoms with Gasteiger partial charge in [0.2, 0.25) is 0 Å². The Morgan fingerprint density at radius 3 is 2.73 bits per heavy atom. The van der Waals surface area contributed by atoms with Crippen molar-refractivity contribution in [3.63, 3.8) is 0 Å². The highest BCUT2D eigenvalue weighted by molar-refractivity contribution is 7.09. The van der Waals surface area contributed by atoms with Gasteiger partial charge in [0.1, 0.15) is 5.75 Å². The van der Waals surface area contributed by atoms with Gasteiger partial charge in [0.25, 0.3) is 0 Å². The third-order valence-corrected chi connectivity index (χ3v) is 5.08. The maximum absolute atomic E-state index is 9.60. The quantitative estimate of drug-likeness (QED) is 0.322. The number of aliphatic imine (C=N–C) groups is 1. The molecule has 2 aromatic carbocycles. The Morgan fingerprint density at radius 1 is 1.15 bits per heavy atom. The van der Waals surface area contributed by atoms with Crippen molar-refractivity contribution in [1.29, 1.82) is 0 Å². The van der Waals surface area contributed by atoms with Crippen LogP contribution in [0.15, 0.2) is 65.0 Å². The first kappa shape index (κ1) is 18.3. The average molecular weight is 386 g/mol. The van der Waals surface area contributed by atoms with E-state index < -0.39 is 0 Å². The minimum atomic E-state index is 0.245. The predicted octanol–water partition coefficient (Wildman–Crippen LogP) is 5.17. The number of anilines is 1. The Hall–Kier alpha value is -2.50. The fourth-order valence-electron chi connectivity index (χ4n) is 2.43. The number of phenols is 1. The van der Waals surface area contributed by atoms with E-state index in [0.717, 1.165) is 16.8 Å². The molecule has 134 valence electrons. The van der Waals surface area contributed by atoms with Gasteiger partial charge in [-0.05, 0) is 53.8 Å². The number of nitrogens with zero attached hydrogens (tertiary/aromatic N) is 1. The molecule has 0 aliphatic carbocycles. The molecule has 3 aromatic rings. The summed E-state index contributed by atoms with van der Waals surface area (Å²) in [6.07, 6.45) is 0. The molecule has 0 unspecified atom stereocenters. The summed E-state index contributed by atoms with van der Waals surface area (Å²) < 4.78 is 0. The maximum atomic E-state index is 9.60. The lowest BCUT2D eigenvalue weighted by Gasteiger charge is -2.14. The van der Waals surface area contributed by atoms with Gasteiger partial charge >= 0.3 is 0 Å². The summed E-state index contributed by atoms with van der Waals surface area (Å²) in [7, 11) is 0. The predicted molar refractivity (Wildman–Crippen MR) is 110 cm³/mol. The number of benzene rings is 2. The normalized spacial score (nSPS) is 11.4. The maximum Gasteiger partial charge on any atom is 0.196 e. The summed E-state index contributed by atoms with van der Waals surface area (Å²) in [5.74, 6) is 0.904. The molecule has 1 aromatic heterocycles. The third-order valence-electron chi connectivity index (χ3n) is 3.84. The Kier molecular flexibility index (Phi) is 6.15. The van der Waals surface area contributed by atoms with Gasteiger partial charge in [-0.1, -0.05) is 35.9 Å². The van der Waals surface area contributed by atoms with E-state index in [9.17, 15) is 5.11 Å². The van der Waals surface area contributed by atoms with Crippen LogP contribution < -0.4 is 10.6 Å². The van der Waals surface area contributed by atoms with E-state index in [1.165, 1.54) is 4.88 Å². The molecule has 0 spiro atoms. The number of nitrogens with one attached hydrogen (secondary N) is 2. The van der Waals surface area contributed by atoms with Crippen LogP contribution in [-0.2, 0) is 13.1 Å². The standard InChI is InChI=1S/C20H20ClN3OS/c1-14-11-16(25)8-9-19(14)24-20(23-13-17-6-4-10-26-17)22-12-15-5-2-3-7-18(15)21/h2-11,25H,12-13H2,1H3,(H2,22,23,24). The van der Waals surface area contributed by atoms with Crippen LogP contribution >= 0.6 is 22.9 Å². The molecule has 0 radical (unpaired) electrons. The number of halogens is 1. The monoisotopic (exact) mass is 385 g/mol. The van der Waals surface area contributed by atoms with Crippen LogP contribution in [0.1, 0.15) is 16.0 Å². The molecule has 1 heterocycles. The highest BCUT2D eigenvalue weighted by atomic mass is 35.5. The first-order valence-corrected chi connectivity index (χ1v) is 9.48. The zero-order valence-electron chi connectivity index (χ0n) is 14.4. The number of aryl methyl sites for hydroxylation is 1. The summed E-state index contributed by atoms with van der Waals surface area (Å²) in [6.45, 7) is 3.09. The zero-order valence-corrected chi connectivity index (χ0v) is 15.9. The number of guanidine groups is 1. The lowest BCUT2D eigenvalue weighted by atomic mass is 10.2. The van der Waals surface area contributed by atoms with Gasteiger partial charge in [-0.25, -0.2) is 4.99 Å². The SMILES string of the molecule is Cc1cc(O)ccc1NC(=NCc1ccccc1Cl)NCc1cccs1. The first-order chi connectivity index (χ1) is 12.6. The lowest BCUT2D eigenvalue weighted by Crippen LogP contribution is -2.30. The van der Waals surface area contributed by atoms with Crippen LogP contribution in [0.2, 0.25) is 5.02 Å². The van der Waals surface area contributed by atoms with Gasteiger partial charge in [0, 0.05) is 15.6 Å². The zero-order chi connectivity index (χ0) is 18.4. The van der Waals surface area contributed by atoms with Gasteiger partial charge in [0.15, 0.2) is 5.96 Å². The molecule has 0 fully saturated rings. The van der Waals surface area contributed by atoms with Gasteiger partial charge < -0.3 is 15.7 Å². The largest absolute Gasteiger partial charge is 0.508 e. The second kappa shape index (κ2) is 8.74. The fourth-order valence-corrected chi connectivity index (χ4v) is 3.27. The van der Waals surface area contributed by atoms with E-state index in [1.54, 1.807) is 23.5 Å². The summed E-state index contributed by atoms with van der Waals surface area (Å²) in [5, 5.41) is 19.0. The van der Waals surface area contributed by atoms with Gasteiger partial charge in [-0.2, -0.15) is 0 Å². The average Bonchev–Trinajstić information content (AvgIpc) is 3.14. The number of aromatic hydroxyl groups is 1. The van der Waals surface area contributed by atoms with E-state index in [4.69, 9.17) is 11.6 Å². The molecule has 0 aliphatic rings. The second-order valence-electron chi connectivity index (χ2n) is 5.81. The van der Waals surface area contributed by atoms with Crippen LogP contribution in [0.4, 0.5) is 5.69 Å². The van der Waals surface area contributed by atoms with Crippen LogP contribution in [0.3, 0.4) is 0 Å². The molecule has 0 atom stereocenters. The third kappa shape index (κ3) is 5.00. The Morgan fingerprint density at radius 2 is 2.00 bits per heavy atom. The number of hydrogen-bond acceptors (Lipinski definition) is 3. The summed E-state index contributed by atoms with van der Waals surface area (Å²) in [4.78, 5) is 5.89. The van der Waals surface area contributed by atoms with Crippen LogP contribution in [0, 0.1) is 6.92 Å². The summed E-state index contributed by atoms with van der Waals surface area (Å²) >= 11 is 7.93. The van der Waals surface area contributed by atoms with Crippen molar-refractivity contribution in [2.24, 2.45) is 4.99 Å². The second-order valence-corrected chi connectivity index (χ2v) is 7.25. The Bertz CT molecular complexity index is 894. The Balaban J connectivity index is 1.78. The Labute approximate surface area is 162 Å². The summed E-state index contributed by atoms with van der Waals surface area (Å²) in [5.41, 5.74) is 2.79. The molecule has 3 rings (SSSR count). The van der Waals surface area contributed by atoms with Crippen LogP contribution in [0.5, 0.6) is 5.75 Å². The van der Waals surface area contributed by atoms with E-state index in [0.29, 0.717) is 24.1 Å². The van der Waals surface area contributed by atoms with Crippen LogP contribution in [-0.4, -0.2) is 11.1 Å². The molecule has 0 saturated carbocycles. The van der Waals surface area contributed by atoms with Gasteiger partial charge in [-0.15, -0.1) is 11.3 Å². The van der Waals surface area contributed by atoms with Crippen molar-refractivity contribution in [2.75, 3.05) is 5.32 Å². The number of thiophene rings is 1. The topological polar surface area (TPSA) is 56.6 Å². The molecular weight excluding hydrogens is 366 g/mol. The molecule has 0 bridgehead atoms. The van der Waals surface area contributed by atoms with Crippen molar-refractivity contribution in [3.05, 3.63) is 81.0 Å². The van der Waals surface area contributed by atoms with Crippen molar-refractivity contribution in [1.82, 2.24) is 5.32 Å². The number of phenolic OH excluding ortho intramolecular Hbond substituents is 1.